The number of fused-ring (bicyclic) bond motifs is 1. The van der Waals surface area contributed by atoms with Gasteiger partial charge in [0, 0.05) is 11.6 Å². The third-order valence-electron chi connectivity index (χ3n) is 4.73. The number of rotatable bonds is 4. The molecule has 2 aromatic carbocycles. The van der Waals surface area contributed by atoms with Gasteiger partial charge in [-0.25, -0.2) is 20.8 Å². The summed E-state index contributed by atoms with van der Waals surface area (Å²) in [6.45, 7) is 0.921. The SMILES string of the molecule is CS(=O)(=O)c1ccc2c(c1)cc(C1=CCOCC1)n2S(=O)(=O)c1ccccc1. The summed E-state index contributed by atoms with van der Waals surface area (Å²) < 4.78 is 57.4. The summed E-state index contributed by atoms with van der Waals surface area (Å²) >= 11 is 0. The van der Waals surface area contributed by atoms with Crippen molar-refractivity contribution in [3.8, 4) is 0 Å². The van der Waals surface area contributed by atoms with Crippen LogP contribution >= 0.6 is 0 Å². The molecule has 0 bridgehead atoms. The lowest BCUT2D eigenvalue weighted by atomic mass is 10.1. The molecule has 1 aromatic heterocycles. The Morgan fingerprint density at radius 2 is 1.68 bits per heavy atom. The topological polar surface area (TPSA) is 82.4 Å². The van der Waals surface area contributed by atoms with Gasteiger partial charge >= 0.3 is 0 Å². The number of ether oxygens (including phenoxy) is 1. The molecule has 0 spiro atoms. The second kappa shape index (κ2) is 6.88. The van der Waals surface area contributed by atoms with Crippen molar-refractivity contribution in [2.24, 2.45) is 0 Å². The van der Waals surface area contributed by atoms with E-state index in [9.17, 15) is 16.8 Å². The van der Waals surface area contributed by atoms with E-state index in [2.05, 4.69) is 0 Å². The van der Waals surface area contributed by atoms with Crippen LogP contribution in [0.4, 0.5) is 0 Å². The van der Waals surface area contributed by atoms with Crippen molar-refractivity contribution in [1.29, 1.82) is 0 Å². The van der Waals surface area contributed by atoms with Gasteiger partial charge in [-0.05, 0) is 48.4 Å². The van der Waals surface area contributed by atoms with Gasteiger partial charge in [-0.3, -0.25) is 0 Å². The van der Waals surface area contributed by atoms with Crippen molar-refractivity contribution in [2.45, 2.75) is 16.2 Å². The Morgan fingerprint density at radius 1 is 0.929 bits per heavy atom. The molecule has 6 nitrogen and oxygen atoms in total. The normalized spacial score (nSPS) is 15.5. The average molecular weight is 418 g/mol. The highest BCUT2D eigenvalue weighted by atomic mass is 32.2. The molecule has 0 unspecified atom stereocenters. The summed E-state index contributed by atoms with van der Waals surface area (Å²) in [7, 11) is -7.27. The Kier molecular flexibility index (Phi) is 4.65. The van der Waals surface area contributed by atoms with Crippen LogP contribution in [-0.2, 0) is 24.6 Å². The molecular formula is C20H19NO5S2. The fourth-order valence-corrected chi connectivity index (χ4v) is 5.56. The second-order valence-corrected chi connectivity index (χ2v) is 10.5. The lowest BCUT2D eigenvalue weighted by Crippen LogP contribution is -2.17. The highest BCUT2D eigenvalue weighted by Crippen LogP contribution is 2.33. The summed E-state index contributed by atoms with van der Waals surface area (Å²) in [5.41, 5.74) is 1.84. The van der Waals surface area contributed by atoms with Gasteiger partial charge in [0.25, 0.3) is 10.0 Å². The lowest BCUT2D eigenvalue weighted by Gasteiger charge is -2.17. The predicted molar refractivity (Wildman–Crippen MR) is 107 cm³/mol. The first-order chi connectivity index (χ1) is 13.3. The number of nitrogens with zero attached hydrogens (tertiary/aromatic N) is 1. The van der Waals surface area contributed by atoms with Crippen LogP contribution < -0.4 is 0 Å². The fourth-order valence-electron chi connectivity index (χ4n) is 3.34. The van der Waals surface area contributed by atoms with Gasteiger partial charge in [0.05, 0.1) is 34.2 Å². The highest BCUT2D eigenvalue weighted by molar-refractivity contribution is 7.90. The average Bonchev–Trinajstić information content (AvgIpc) is 3.08. The molecule has 0 aliphatic carbocycles. The summed E-state index contributed by atoms with van der Waals surface area (Å²) in [6, 6.07) is 14.5. The molecule has 0 radical (unpaired) electrons. The van der Waals surface area contributed by atoms with Gasteiger partial charge in [0.2, 0.25) is 0 Å². The minimum atomic E-state index is -3.86. The van der Waals surface area contributed by atoms with Crippen LogP contribution in [0.5, 0.6) is 0 Å². The predicted octanol–water partition coefficient (Wildman–Crippen LogP) is 3.09. The zero-order chi connectivity index (χ0) is 19.9. The van der Waals surface area contributed by atoms with E-state index in [1.807, 2.05) is 6.08 Å². The monoisotopic (exact) mass is 417 g/mol. The van der Waals surface area contributed by atoms with Gasteiger partial charge in [-0.1, -0.05) is 24.3 Å². The summed E-state index contributed by atoms with van der Waals surface area (Å²) in [5, 5.41) is 0.560. The Morgan fingerprint density at radius 3 is 2.32 bits per heavy atom. The van der Waals surface area contributed by atoms with Crippen LogP contribution in [0.25, 0.3) is 16.5 Å². The standard InChI is InChI=1S/C20H19NO5S2/c1-27(22,23)18-7-8-19-16(13-18)14-20(15-9-11-26-12-10-15)21(19)28(24,25)17-5-3-2-4-6-17/h2-9,13-14H,10-12H2,1H3. The number of benzene rings is 2. The molecule has 4 rings (SSSR count). The van der Waals surface area contributed by atoms with Crippen LogP contribution in [0.2, 0.25) is 0 Å². The molecule has 146 valence electrons. The molecule has 3 aromatic rings. The molecule has 0 atom stereocenters. The minimum absolute atomic E-state index is 0.154. The van der Waals surface area contributed by atoms with E-state index in [-0.39, 0.29) is 9.79 Å². The first-order valence-corrected chi connectivity index (χ1v) is 12.0. The Balaban J connectivity index is 2.04. The van der Waals surface area contributed by atoms with E-state index in [1.54, 1.807) is 42.5 Å². The second-order valence-electron chi connectivity index (χ2n) is 6.66. The molecule has 2 heterocycles. The maximum atomic E-state index is 13.4. The number of hydrogen-bond donors (Lipinski definition) is 0. The Hall–Kier alpha value is -2.42. The zero-order valence-electron chi connectivity index (χ0n) is 15.2. The van der Waals surface area contributed by atoms with Gasteiger partial charge in [-0.2, -0.15) is 0 Å². The molecular weight excluding hydrogens is 398 g/mol. The summed E-state index contributed by atoms with van der Waals surface area (Å²) in [6.07, 6.45) is 3.58. The summed E-state index contributed by atoms with van der Waals surface area (Å²) in [4.78, 5) is 0.329. The summed E-state index contributed by atoms with van der Waals surface area (Å²) in [5.74, 6) is 0. The van der Waals surface area contributed by atoms with Crippen LogP contribution in [0.3, 0.4) is 0 Å². The van der Waals surface area contributed by atoms with Crippen LogP contribution in [0.15, 0.2) is 70.5 Å². The third-order valence-corrected chi connectivity index (χ3v) is 7.58. The largest absolute Gasteiger partial charge is 0.377 e. The molecule has 0 fully saturated rings. The fraction of sp³-hybridized carbons (Fsp3) is 0.200. The maximum absolute atomic E-state index is 13.4. The quantitative estimate of drug-likeness (QED) is 0.652. The van der Waals surface area contributed by atoms with E-state index in [4.69, 9.17) is 4.74 Å². The molecule has 8 heteroatoms. The molecule has 0 amide bonds. The van der Waals surface area contributed by atoms with Crippen molar-refractivity contribution in [1.82, 2.24) is 3.97 Å². The zero-order valence-corrected chi connectivity index (χ0v) is 16.8. The third kappa shape index (κ3) is 3.28. The van der Waals surface area contributed by atoms with Crippen LogP contribution in [0.1, 0.15) is 12.1 Å². The number of aromatic nitrogens is 1. The van der Waals surface area contributed by atoms with E-state index < -0.39 is 19.9 Å². The van der Waals surface area contributed by atoms with Crippen molar-refractivity contribution in [3.05, 3.63) is 66.4 Å². The van der Waals surface area contributed by atoms with Gasteiger partial charge in [0.15, 0.2) is 9.84 Å². The lowest BCUT2D eigenvalue weighted by molar-refractivity contribution is 0.161. The van der Waals surface area contributed by atoms with Crippen LogP contribution in [-0.4, -0.2) is 40.3 Å². The molecule has 0 saturated heterocycles. The highest BCUT2D eigenvalue weighted by Gasteiger charge is 2.25. The van der Waals surface area contributed by atoms with E-state index in [1.165, 1.54) is 16.1 Å². The number of hydrogen-bond acceptors (Lipinski definition) is 5. The molecule has 1 aliphatic heterocycles. The molecule has 0 saturated carbocycles. The van der Waals surface area contributed by atoms with E-state index >= 15 is 0 Å². The molecule has 1 aliphatic rings. The van der Waals surface area contributed by atoms with E-state index in [0.29, 0.717) is 36.2 Å². The Labute approximate surface area is 164 Å². The van der Waals surface area contributed by atoms with Crippen molar-refractivity contribution >= 4 is 36.3 Å². The molecule has 0 N–H and O–H groups in total. The first-order valence-electron chi connectivity index (χ1n) is 8.72. The minimum Gasteiger partial charge on any atom is -0.377 e. The van der Waals surface area contributed by atoms with Crippen molar-refractivity contribution in [2.75, 3.05) is 19.5 Å². The smallest absolute Gasteiger partial charge is 0.268 e. The van der Waals surface area contributed by atoms with Gasteiger partial charge in [0.1, 0.15) is 0 Å². The number of sulfone groups is 1. The maximum Gasteiger partial charge on any atom is 0.268 e. The Bertz CT molecular complexity index is 1290. The first kappa shape index (κ1) is 18.9. The van der Waals surface area contributed by atoms with Gasteiger partial charge < -0.3 is 4.74 Å². The molecule has 28 heavy (non-hydrogen) atoms. The van der Waals surface area contributed by atoms with Gasteiger partial charge in [-0.15, -0.1) is 0 Å². The van der Waals surface area contributed by atoms with Crippen LogP contribution in [0, 0.1) is 0 Å². The van der Waals surface area contributed by atoms with E-state index in [0.717, 1.165) is 11.8 Å². The van der Waals surface area contributed by atoms with Crippen molar-refractivity contribution in [3.63, 3.8) is 0 Å². The van der Waals surface area contributed by atoms with Crippen molar-refractivity contribution < 1.29 is 21.6 Å².